The fraction of sp³-hybridized carbons (Fsp3) is 0.611. The highest BCUT2D eigenvalue weighted by atomic mass is 16.6. The molecule has 0 aromatic heterocycles. The van der Waals surface area contributed by atoms with Gasteiger partial charge in [-0.05, 0) is 12.1 Å². The summed E-state index contributed by atoms with van der Waals surface area (Å²) in [6.45, 7) is 2.99. The van der Waals surface area contributed by atoms with Crippen LogP contribution in [0.15, 0.2) is 24.3 Å². The van der Waals surface area contributed by atoms with Crippen molar-refractivity contribution in [1.29, 1.82) is 0 Å². The minimum absolute atomic E-state index is 0.208. The number of aliphatic hydroxyl groups excluding tert-OH is 1. The largest absolute Gasteiger partial charge is 0.493 e. The summed E-state index contributed by atoms with van der Waals surface area (Å²) >= 11 is 0. The summed E-state index contributed by atoms with van der Waals surface area (Å²) in [5.74, 6) is 1.28. The minimum atomic E-state index is -0.590. The zero-order valence-electron chi connectivity index (χ0n) is 14.8. The Kier molecular flexibility index (Phi) is 5.34. The van der Waals surface area contributed by atoms with Crippen LogP contribution < -0.4 is 9.47 Å². The number of likely N-dealkylation sites (tertiary alicyclic amines) is 1. The maximum atomic E-state index is 11.6. The fourth-order valence-corrected chi connectivity index (χ4v) is 3.47. The lowest BCUT2D eigenvalue weighted by Gasteiger charge is -2.38. The monoisotopic (exact) mass is 350 g/mol. The highest BCUT2D eigenvalue weighted by Crippen LogP contribution is 2.32. The molecule has 25 heavy (non-hydrogen) atoms. The molecule has 2 aliphatic rings. The molecule has 2 aliphatic heterocycles. The van der Waals surface area contributed by atoms with Gasteiger partial charge in [0.1, 0.15) is 18.3 Å². The first-order valence-electron chi connectivity index (χ1n) is 8.62. The average molecular weight is 350 g/mol. The van der Waals surface area contributed by atoms with Crippen molar-refractivity contribution in [2.24, 2.45) is 0 Å². The van der Waals surface area contributed by atoms with Crippen molar-refractivity contribution < 1.29 is 24.1 Å². The number of hydrogen-bond donors (Lipinski definition) is 1. The molecule has 1 spiro atoms. The number of nitrogens with zero attached hydrogens (tertiary/aromatic N) is 2. The van der Waals surface area contributed by atoms with E-state index in [2.05, 4.69) is 4.90 Å². The normalized spacial score (nSPS) is 21.2. The number of carbonyl (C=O) groups excluding carboxylic acids is 1. The second-order valence-electron chi connectivity index (χ2n) is 6.82. The smallest absolute Gasteiger partial charge is 0.410 e. The predicted octanol–water partition coefficient (Wildman–Crippen LogP) is 1.35. The van der Waals surface area contributed by atoms with Crippen LogP contribution in [0.2, 0.25) is 0 Å². The van der Waals surface area contributed by atoms with Gasteiger partial charge in [-0.2, -0.15) is 0 Å². The Morgan fingerprint density at radius 2 is 1.96 bits per heavy atom. The van der Waals surface area contributed by atoms with Crippen molar-refractivity contribution in [2.45, 2.75) is 24.5 Å². The first kappa shape index (κ1) is 17.8. The van der Waals surface area contributed by atoms with E-state index in [1.165, 1.54) is 0 Å². The third-order valence-electron chi connectivity index (χ3n) is 4.88. The van der Waals surface area contributed by atoms with Crippen molar-refractivity contribution in [1.82, 2.24) is 9.80 Å². The van der Waals surface area contributed by atoms with Crippen LogP contribution in [0.5, 0.6) is 11.5 Å². The Morgan fingerprint density at radius 1 is 1.28 bits per heavy atom. The second kappa shape index (κ2) is 7.49. The Morgan fingerprint density at radius 3 is 2.56 bits per heavy atom. The van der Waals surface area contributed by atoms with Crippen LogP contribution in [0.1, 0.15) is 12.8 Å². The molecular weight excluding hydrogens is 324 g/mol. The summed E-state index contributed by atoms with van der Waals surface area (Å²) in [6, 6.07) is 7.39. The van der Waals surface area contributed by atoms with Gasteiger partial charge in [0.2, 0.25) is 0 Å². The minimum Gasteiger partial charge on any atom is -0.493 e. The number of β-amino-alcohol motifs (C(OH)–C–C–N with tert-alkyl or cyclic N) is 1. The van der Waals surface area contributed by atoms with E-state index < -0.39 is 6.10 Å². The summed E-state index contributed by atoms with van der Waals surface area (Å²) in [4.78, 5) is 15.4. The van der Waals surface area contributed by atoms with Crippen LogP contribution in [0.3, 0.4) is 0 Å². The lowest BCUT2D eigenvalue weighted by molar-refractivity contribution is -0.0145. The van der Waals surface area contributed by atoms with E-state index in [0.717, 1.165) is 25.9 Å². The fourth-order valence-electron chi connectivity index (χ4n) is 3.47. The average Bonchev–Trinajstić information content (AvgIpc) is 2.89. The summed E-state index contributed by atoms with van der Waals surface area (Å²) in [7, 11) is 3.36. The van der Waals surface area contributed by atoms with E-state index in [4.69, 9.17) is 14.2 Å². The summed E-state index contributed by atoms with van der Waals surface area (Å²) < 4.78 is 16.5. The zero-order valence-corrected chi connectivity index (χ0v) is 14.8. The Balaban J connectivity index is 1.44. The van der Waals surface area contributed by atoms with E-state index in [9.17, 15) is 9.90 Å². The van der Waals surface area contributed by atoms with Gasteiger partial charge in [0.05, 0.1) is 13.7 Å². The number of aliphatic hydroxyl groups is 1. The quantitative estimate of drug-likeness (QED) is 0.835. The lowest BCUT2D eigenvalue weighted by Crippen LogP contribution is -2.49. The molecule has 1 aromatic rings. The summed E-state index contributed by atoms with van der Waals surface area (Å²) in [5, 5.41) is 10.3. The first-order chi connectivity index (χ1) is 12.0. The third kappa shape index (κ3) is 4.16. The van der Waals surface area contributed by atoms with Crippen LogP contribution in [-0.2, 0) is 4.74 Å². The summed E-state index contributed by atoms with van der Waals surface area (Å²) in [5.41, 5.74) is -0.346. The molecule has 7 heteroatoms. The van der Waals surface area contributed by atoms with Crippen molar-refractivity contribution in [2.75, 3.05) is 46.9 Å². The number of amides is 1. The first-order valence-corrected chi connectivity index (χ1v) is 8.62. The molecule has 7 nitrogen and oxygen atoms in total. The van der Waals surface area contributed by atoms with Crippen molar-refractivity contribution in [3.05, 3.63) is 24.3 Å². The molecule has 138 valence electrons. The SMILES string of the molecule is COc1ccccc1OC[C@@H](O)CN1CCC2(CC1)CN(C)C(=O)O2. The maximum Gasteiger partial charge on any atom is 0.410 e. The standard InChI is InChI=1S/C18H26N2O5/c1-19-13-18(25-17(19)22)7-9-20(10-8-18)11-14(21)12-24-16-6-4-3-5-15(16)23-2/h3-6,14,21H,7-13H2,1-2H3/t14-/m0/s1. The van der Waals surface area contributed by atoms with Gasteiger partial charge >= 0.3 is 6.09 Å². The van der Waals surface area contributed by atoms with E-state index >= 15 is 0 Å². The molecule has 0 unspecified atom stereocenters. The molecule has 1 aromatic carbocycles. The van der Waals surface area contributed by atoms with Gasteiger partial charge < -0.3 is 29.1 Å². The molecular formula is C18H26N2O5. The zero-order chi connectivity index (χ0) is 17.9. The Bertz CT molecular complexity index is 601. The molecule has 3 rings (SSSR count). The van der Waals surface area contributed by atoms with E-state index in [1.807, 2.05) is 24.3 Å². The topological polar surface area (TPSA) is 71.5 Å². The number of rotatable bonds is 6. The van der Waals surface area contributed by atoms with Gasteiger partial charge in [-0.1, -0.05) is 12.1 Å². The number of carbonyl (C=O) groups is 1. The molecule has 2 fully saturated rings. The number of methoxy groups -OCH3 is 1. The third-order valence-corrected chi connectivity index (χ3v) is 4.88. The van der Waals surface area contributed by atoms with Gasteiger partial charge in [0.25, 0.3) is 0 Å². The highest BCUT2D eigenvalue weighted by Gasteiger charge is 2.45. The molecule has 0 radical (unpaired) electrons. The molecule has 0 bridgehead atoms. The van der Waals surface area contributed by atoms with E-state index in [1.54, 1.807) is 19.1 Å². The maximum absolute atomic E-state index is 11.6. The molecule has 1 amide bonds. The van der Waals surface area contributed by atoms with Crippen molar-refractivity contribution in [3.8, 4) is 11.5 Å². The predicted molar refractivity (Wildman–Crippen MR) is 92.0 cm³/mol. The Labute approximate surface area is 148 Å². The number of para-hydroxylation sites is 2. The molecule has 2 saturated heterocycles. The van der Waals surface area contributed by atoms with Crippen LogP contribution in [-0.4, -0.2) is 79.6 Å². The van der Waals surface area contributed by atoms with Crippen LogP contribution in [0.4, 0.5) is 4.79 Å². The van der Waals surface area contributed by atoms with Gasteiger partial charge in [0.15, 0.2) is 11.5 Å². The highest BCUT2D eigenvalue weighted by molar-refractivity contribution is 5.70. The van der Waals surface area contributed by atoms with E-state index in [-0.39, 0.29) is 18.3 Å². The van der Waals surface area contributed by atoms with Crippen LogP contribution in [0, 0.1) is 0 Å². The Hall–Kier alpha value is -1.99. The second-order valence-corrected chi connectivity index (χ2v) is 6.82. The van der Waals surface area contributed by atoms with Crippen molar-refractivity contribution in [3.63, 3.8) is 0 Å². The number of likely N-dealkylation sites (N-methyl/N-ethyl adjacent to an activating group) is 1. The molecule has 0 saturated carbocycles. The van der Waals surface area contributed by atoms with Crippen molar-refractivity contribution >= 4 is 6.09 Å². The van der Waals surface area contributed by atoms with Crippen LogP contribution in [0.25, 0.3) is 0 Å². The molecule has 2 heterocycles. The van der Waals surface area contributed by atoms with Gasteiger partial charge in [-0.15, -0.1) is 0 Å². The van der Waals surface area contributed by atoms with Gasteiger partial charge in [-0.25, -0.2) is 4.79 Å². The number of ether oxygens (including phenoxy) is 3. The van der Waals surface area contributed by atoms with Gasteiger partial charge in [-0.3, -0.25) is 0 Å². The molecule has 1 atom stereocenters. The molecule has 1 N–H and O–H groups in total. The summed E-state index contributed by atoms with van der Waals surface area (Å²) in [6.07, 6.45) is 0.762. The number of hydrogen-bond acceptors (Lipinski definition) is 6. The van der Waals surface area contributed by atoms with Crippen LogP contribution >= 0.6 is 0 Å². The number of piperidine rings is 1. The lowest BCUT2D eigenvalue weighted by atomic mass is 9.91. The van der Waals surface area contributed by atoms with Gasteiger partial charge in [0, 0.05) is 39.5 Å². The number of benzene rings is 1. The molecule has 0 aliphatic carbocycles. The van der Waals surface area contributed by atoms with E-state index in [0.29, 0.717) is 24.6 Å².